The molecule has 0 bridgehead atoms. The third-order valence-electron chi connectivity index (χ3n) is 4.52. The first-order chi connectivity index (χ1) is 12.3. The Balaban J connectivity index is 1.52. The van der Waals surface area contributed by atoms with Gasteiger partial charge in [0.05, 0.1) is 17.5 Å². The third-order valence-corrected chi connectivity index (χ3v) is 5.61. The molecule has 2 aromatic rings. The molecule has 0 aliphatic carbocycles. The van der Waals surface area contributed by atoms with Gasteiger partial charge in [0.15, 0.2) is 0 Å². The molecule has 2 aliphatic heterocycles. The summed E-state index contributed by atoms with van der Waals surface area (Å²) in [5.41, 5.74) is 1.15. The largest absolute Gasteiger partial charge is 0.342 e. The maximum atomic E-state index is 4.96. The van der Waals surface area contributed by atoms with Crippen LogP contribution in [0, 0.1) is 0 Å². The maximum Gasteiger partial charge on any atom is 0.146 e. The summed E-state index contributed by atoms with van der Waals surface area (Å²) in [4.78, 5) is 17.5. The van der Waals surface area contributed by atoms with Gasteiger partial charge in [0.2, 0.25) is 0 Å². The molecule has 0 amide bonds. The Kier molecular flexibility index (Phi) is 4.96. The lowest BCUT2D eigenvalue weighted by molar-refractivity contribution is 0.113. The molecule has 2 aliphatic rings. The van der Waals surface area contributed by atoms with Gasteiger partial charge in [-0.3, -0.25) is 9.89 Å². The zero-order chi connectivity index (χ0) is 17.1. The topological polar surface area (TPSA) is 65.4 Å². The van der Waals surface area contributed by atoms with Crippen LogP contribution in [0.1, 0.15) is 18.8 Å². The summed E-state index contributed by atoms with van der Waals surface area (Å²) in [5, 5.41) is 6.92. The van der Waals surface area contributed by atoms with Gasteiger partial charge in [0, 0.05) is 36.9 Å². The number of piperazine rings is 1. The SMILES string of the molecule is CC(N=C1CSc2ccccc2N1)N1CCNCC1c1ncccn1. The summed E-state index contributed by atoms with van der Waals surface area (Å²) in [5.74, 6) is 2.76. The number of anilines is 1. The fraction of sp³-hybridized carbons (Fsp3) is 0.389. The van der Waals surface area contributed by atoms with Crippen LogP contribution in [0.25, 0.3) is 0 Å². The van der Waals surface area contributed by atoms with Crippen LogP contribution in [0.15, 0.2) is 52.6 Å². The first kappa shape index (κ1) is 16.5. The number of aromatic nitrogens is 2. The molecule has 25 heavy (non-hydrogen) atoms. The van der Waals surface area contributed by atoms with Gasteiger partial charge >= 0.3 is 0 Å². The lowest BCUT2D eigenvalue weighted by atomic mass is 10.1. The van der Waals surface area contributed by atoms with E-state index >= 15 is 0 Å². The molecule has 1 aromatic heterocycles. The molecule has 2 unspecified atom stereocenters. The van der Waals surface area contributed by atoms with E-state index in [0.29, 0.717) is 0 Å². The van der Waals surface area contributed by atoms with E-state index < -0.39 is 0 Å². The maximum absolute atomic E-state index is 4.96. The minimum Gasteiger partial charge on any atom is -0.342 e. The number of aliphatic imine (C=N–C) groups is 1. The Hall–Kier alpha value is -1.96. The van der Waals surface area contributed by atoms with Crippen molar-refractivity contribution in [1.82, 2.24) is 20.2 Å². The molecule has 1 fully saturated rings. The van der Waals surface area contributed by atoms with Gasteiger partial charge in [-0.2, -0.15) is 0 Å². The van der Waals surface area contributed by atoms with Gasteiger partial charge in [-0.25, -0.2) is 9.97 Å². The summed E-state index contributed by atoms with van der Waals surface area (Å²) in [7, 11) is 0. The average Bonchev–Trinajstić information content (AvgIpc) is 2.68. The molecule has 0 spiro atoms. The minimum atomic E-state index is 0.0734. The van der Waals surface area contributed by atoms with Crippen molar-refractivity contribution < 1.29 is 0 Å². The first-order valence-corrected chi connectivity index (χ1v) is 9.59. The number of hydrogen-bond acceptors (Lipinski definition) is 6. The van der Waals surface area contributed by atoms with E-state index in [1.54, 1.807) is 0 Å². The predicted molar refractivity (Wildman–Crippen MR) is 102 cm³/mol. The van der Waals surface area contributed by atoms with Crippen LogP contribution < -0.4 is 10.6 Å². The number of rotatable bonds is 3. The first-order valence-electron chi connectivity index (χ1n) is 8.60. The highest BCUT2D eigenvalue weighted by Gasteiger charge is 2.29. The quantitative estimate of drug-likeness (QED) is 0.882. The molecule has 2 N–H and O–H groups in total. The molecule has 1 aromatic carbocycles. The second-order valence-electron chi connectivity index (χ2n) is 6.18. The smallest absolute Gasteiger partial charge is 0.146 e. The van der Waals surface area contributed by atoms with Gasteiger partial charge in [0.1, 0.15) is 17.8 Å². The van der Waals surface area contributed by atoms with Gasteiger partial charge in [-0.05, 0) is 25.1 Å². The zero-order valence-electron chi connectivity index (χ0n) is 14.2. The number of thioether (sulfide) groups is 1. The van der Waals surface area contributed by atoms with Crippen molar-refractivity contribution >= 4 is 23.3 Å². The van der Waals surface area contributed by atoms with E-state index in [1.807, 2.05) is 30.2 Å². The molecule has 4 rings (SSSR count). The molecule has 1 saturated heterocycles. The molecular formula is C18H22N6S. The van der Waals surface area contributed by atoms with Crippen molar-refractivity contribution in [3.63, 3.8) is 0 Å². The normalized spacial score (nSPS) is 23.7. The average molecular weight is 354 g/mol. The second kappa shape index (κ2) is 7.51. The number of amidine groups is 1. The highest BCUT2D eigenvalue weighted by atomic mass is 32.2. The fourth-order valence-electron chi connectivity index (χ4n) is 3.29. The van der Waals surface area contributed by atoms with Gasteiger partial charge in [-0.15, -0.1) is 11.8 Å². The third kappa shape index (κ3) is 3.68. The summed E-state index contributed by atoms with van der Waals surface area (Å²) >= 11 is 1.83. The van der Waals surface area contributed by atoms with E-state index in [4.69, 9.17) is 4.99 Å². The predicted octanol–water partition coefficient (Wildman–Crippen LogP) is 2.39. The number of nitrogens with one attached hydrogen (secondary N) is 2. The van der Waals surface area contributed by atoms with Crippen LogP contribution in [0.5, 0.6) is 0 Å². The Morgan fingerprint density at radius 3 is 2.96 bits per heavy atom. The van der Waals surface area contributed by atoms with Crippen LogP contribution in [0.3, 0.4) is 0 Å². The van der Waals surface area contributed by atoms with Crippen LogP contribution in [0.4, 0.5) is 5.69 Å². The summed E-state index contributed by atoms with van der Waals surface area (Å²) < 4.78 is 0. The molecule has 0 saturated carbocycles. The molecule has 130 valence electrons. The van der Waals surface area contributed by atoms with E-state index in [-0.39, 0.29) is 12.2 Å². The van der Waals surface area contributed by atoms with Crippen molar-refractivity contribution in [2.45, 2.75) is 24.0 Å². The number of fused-ring (bicyclic) bond motifs is 1. The van der Waals surface area contributed by atoms with Crippen LogP contribution in [-0.2, 0) is 0 Å². The van der Waals surface area contributed by atoms with Gasteiger partial charge < -0.3 is 10.6 Å². The van der Waals surface area contributed by atoms with Gasteiger partial charge in [0.25, 0.3) is 0 Å². The van der Waals surface area contributed by atoms with E-state index in [2.05, 4.69) is 56.7 Å². The Morgan fingerprint density at radius 1 is 1.24 bits per heavy atom. The van der Waals surface area contributed by atoms with Crippen LogP contribution >= 0.6 is 11.8 Å². The molecule has 2 atom stereocenters. The van der Waals surface area contributed by atoms with Crippen molar-refractivity contribution in [3.8, 4) is 0 Å². The summed E-state index contributed by atoms with van der Waals surface area (Å²) in [6, 6.07) is 10.4. The number of benzene rings is 1. The second-order valence-corrected chi connectivity index (χ2v) is 7.20. The van der Waals surface area contributed by atoms with E-state index in [9.17, 15) is 0 Å². The lowest BCUT2D eigenvalue weighted by Crippen LogP contribution is -2.50. The van der Waals surface area contributed by atoms with E-state index in [0.717, 1.165) is 42.7 Å². The van der Waals surface area contributed by atoms with Crippen molar-refractivity contribution in [2.24, 2.45) is 4.99 Å². The Morgan fingerprint density at radius 2 is 2.08 bits per heavy atom. The lowest BCUT2D eigenvalue weighted by Gasteiger charge is -2.38. The number of nitrogens with zero attached hydrogens (tertiary/aromatic N) is 4. The standard InChI is InChI=1S/C18H22N6S/c1-13(22-17-12-25-16-6-3-2-5-14(16)23-17)24-10-9-19-11-15(24)18-20-7-4-8-21-18/h2-8,13,15,19H,9-12H2,1H3,(H,22,23). The van der Waals surface area contributed by atoms with Crippen LogP contribution in [-0.4, -0.2) is 52.3 Å². The van der Waals surface area contributed by atoms with Crippen molar-refractivity contribution in [1.29, 1.82) is 0 Å². The fourth-order valence-corrected chi connectivity index (χ4v) is 4.18. The molecule has 6 nitrogen and oxygen atoms in total. The summed E-state index contributed by atoms with van der Waals surface area (Å²) in [6.07, 6.45) is 3.69. The molecule has 3 heterocycles. The Labute approximate surface area is 152 Å². The minimum absolute atomic E-state index is 0.0734. The van der Waals surface area contributed by atoms with Gasteiger partial charge in [-0.1, -0.05) is 12.1 Å². The molecular weight excluding hydrogens is 332 g/mol. The zero-order valence-corrected chi connectivity index (χ0v) is 15.0. The molecule has 0 radical (unpaired) electrons. The summed E-state index contributed by atoms with van der Waals surface area (Å²) in [6.45, 7) is 4.90. The highest BCUT2D eigenvalue weighted by Crippen LogP contribution is 2.31. The number of para-hydroxylation sites is 1. The van der Waals surface area contributed by atoms with Crippen molar-refractivity contribution in [2.75, 3.05) is 30.7 Å². The van der Waals surface area contributed by atoms with Crippen LogP contribution in [0.2, 0.25) is 0 Å². The Bertz CT molecular complexity index is 750. The molecule has 7 heteroatoms. The van der Waals surface area contributed by atoms with E-state index in [1.165, 1.54) is 4.90 Å². The van der Waals surface area contributed by atoms with Crippen molar-refractivity contribution in [3.05, 3.63) is 48.5 Å². The highest BCUT2D eigenvalue weighted by molar-refractivity contribution is 8.00. The number of hydrogen-bond donors (Lipinski definition) is 2. The monoisotopic (exact) mass is 354 g/mol.